The monoisotopic (exact) mass is 330 g/mol. The lowest BCUT2D eigenvalue weighted by molar-refractivity contribution is -0.137. The van der Waals surface area contributed by atoms with Crippen molar-refractivity contribution >= 4 is 0 Å². The fourth-order valence-corrected chi connectivity index (χ4v) is 2.81. The van der Waals surface area contributed by atoms with Crippen LogP contribution in [0.4, 0.5) is 13.2 Å². The summed E-state index contributed by atoms with van der Waals surface area (Å²) in [5, 5.41) is 9.19. The minimum atomic E-state index is -4.41. The summed E-state index contributed by atoms with van der Waals surface area (Å²) in [4.78, 5) is 4.05. The summed E-state index contributed by atoms with van der Waals surface area (Å²) in [5.41, 5.74) is 1.49. The van der Waals surface area contributed by atoms with Gasteiger partial charge in [0.1, 0.15) is 0 Å². The van der Waals surface area contributed by atoms with Crippen molar-refractivity contribution in [1.82, 2.24) is 4.98 Å². The summed E-state index contributed by atoms with van der Waals surface area (Å²) in [7, 11) is 0. The maximum Gasteiger partial charge on any atom is 0.416 e. The van der Waals surface area contributed by atoms with Crippen LogP contribution >= 0.6 is 0 Å². The van der Waals surface area contributed by atoms with E-state index in [1.807, 2.05) is 12.1 Å². The lowest BCUT2D eigenvalue weighted by Crippen LogP contribution is -2.05. The van der Waals surface area contributed by atoms with Crippen LogP contribution < -0.4 is 0 Å². The Labute approximate surface area is 139 Å². The molecule has 5 heteroatoms. The highest BCUT2D eigenvalue weighted by molar-refractivity contribution is 5.63. The molecule has 1 aromatic carbocycles. The largest absolute Gasteiger partial charge is 0.416 e. The van der Waals surface area contributed by atoms with E-state index in [2.05, 4.69) is 11.1 Å². The summed E-state index contributed by atoms with van der Waals surface area (Å²) in [5.74, 6) is 0.841. The van der Waals surface area contributed by atoms with Gasteiger partial charge >= 0.3 is 6.18 Å². The van der Waals surface area contributed by atoms with Gasteiger partial charge in [-0.3, -0.25) is 4.98 Å². The van der Waals surface area contributed by atoms with E-state index >= 15 is 0 Å². The molecule has 1 saturated carbocycles. The van der Waals surface area contributed by atoms with Crippen molar-refractivity contribution in [3.63, 3.8) is 0 Å². The van der Waals surface area contributed by atoms with Gasteiger partial charge in [0.25, 0.3) is 0 Å². The van der Waals surface area contributed by atoms with E-state index in [0.717, 1.165) is 42.7 Å². The van der Waals surface area contributed by atoms with Crippen LogP contribution in [0.3, 0.4) is 0 Å². The van der Waals surface area contributed by atoms with Crippen LogP contribution in [0.2, 0.25) is 0 Å². The highest BCUT2D eigenvalue weighted by Gasteiger charge is 2.30. The Kier molecular flexibility index (Phi) is 4.57. The maximum absolute atomic E-state index is 12.9. The quantitative estimate of drug-likeness (QED) is 0.739. The van der Waals surface area contributed by atoms with Crippen molar-refractivity contribution in [1.29, 1.82) is 5.26 Å². The Bertz CT molecular complexity index is 771. The summed E-state index contributed by atoms with van der Waals surface area (Å²) in [6.07, 6.45) is 2.40. The number of nitriles is 1. The topological polar surface area (TPSA) is 36.7 Å². The third kappa shape index (κ3) is 4.14. The van der Waals surface area contributed by atoms with Crippen LogP contribution in [0.15, 0.2) is 36.5 Å². The maximum atomic E-state index is 12.9. The molecule has 2 nitrogen and oxygen atoms in total. The van der Waals surface area contributed by atoms with Gasteiger partial charge < -0.3 is 0 Å². The highest BCUT2D eigenvalue weighted by atomic mass is 19.4. The van der Waals surface area contributed by atoms with E-state index in [0.29, 0.717) is 11.1 Å². The number of aromatic nitrogens is 1. The van der Waals surface area contributed by atoms with Crippen molar-refractivity contribution in [2.45, 2.75) is 38.3 Å². The molecule has 1 aliphatic rings. The first-order valence-electron chi connectivity index (χ1n) is 8.03. The van der Waals surface area contributed by atoms with Crippen molar-refractivity contribution < 1.29 is 13.2 Å². The Hall–Kier alpha value is -2.35. The summed E-state index contributed by atoms with van der Waals surface area (Å²) < 4.78 is 38.6. The van der Waals surface area contributed by atoms with Crippen molar-refractivity contribution in [3.05, 3.63) is 53.2 Å². The van der Waals surface area contributed by atoms with Gasteiger partial charge in [-0.1, -0.05) is 19.3 Å². The van der Waals surface area contributed by atoms with E-state index in [1.54, 1.807) is 6.07 Å². The van der Waals surface area contributed by atoms with Crippen LogP contribution in [0, 0.1) is 17.2 Å². The molecule has 24 heavy (non-hydrogen) atoms. The Balaban J connectivity index is 1.87. The first kappa shape index (κ1) is 16.5. The second-order valence-corrected chi connectivity index (χ2v) is 6.29. The van der Waals surface area contributed by atoms with Crippen LogP contribution in [0.25, 0.3) is 11.3 Å². The second-order valence-electron chi connectivity index (χ2n) is 6.29. The van der Waals surface area contributed by atoms with Gasteiger partial charge in [0.2, 0.25) is 0 Å². The van der Waals surface area contributed by atoms with Crippen molar-refractivity contribution in [3.8, 4) is 17.3 Å². The number of benzene rings is 1. The molecule has 0 unspecified atom stereocenters. The van der Waals surface area contributed by atoms with Crippen LogP contribution in [-0.4, -0.2) is 4.98 Å². The summed E-state index contributed by atoms with van der Waals surface area (Å²) in [6, 6.07) is 9.31. The molecule has 1 heterocycles. The van der Waals surface area contributed by atoms with E-state index in [-0.39, 0.29) is 5.69 Å². The number of hydrogen-bond donors (Lipinski definition) is 0. The third-order valence-corrected chi connectivity index (χ3v) is 4.28. The molecule has 0 spiro atoms. The molecule has 2 aromatic rings. The third-order valence-electron chi connectivity index (χ3n) is 4.28. The smallest absolute Gasteiger partial charge is 0.256 e. The molecule has 0 radical (unpaired) electrons. The van der Waals surface area contributed by atoms with Gasteiger partial charge in [0, 0.05) is 11.8 Å². The first-order valence-corrected chi connectivity index (χ1v) is 8.03. The normalized spacial score (nSPS) is 14.4. The number of nitrogens with zero attached hydrogens (tertiary/aromatic N) is 2. The zero-order chi connectivity index (χ0) is 17.2. The predicted octanol–water partition coefficient (Wildman–Crippen LogP) is 5.37. The van der Waals surface area contributed by atoms with Crippen LogP contribution in [0.5, 0.6) is 0 Å². The number of hydrogen-bond acceptors (Lipinski definition) is 2. The van der Waals surface area contributed by atoms with Gasteiger partial charge in [-0.2, -0.15) is 18.4 Å². The fraction of sp³-hybridized carbons (Fsp3) is 0.368. The number of pyridine rings is 1. The van der Waals surface area contributed by atoms with E-state index in [4.69, 9.17) is 0 Å². The van der Waals surface area contributed by atoms with Gasteiger partial charge in [0.05, 0.1) is 22.9 Å². The molecular formula is C19H17F3N2. The minimum absolute atomic E-state index is 0.241. The van der Waals surface area contributed by atoms with Crippen LogP contribution in [0.1, 0.15) is 42.4 Å². The van der Waals surface area contributed by atoms with Crippen molar-refractivity contribution in [2.24, 2.45) is 5.92 Å². The SMILES string of the molecule is N#Cc1cc(CCCC2CC2)cc(-c2cc(C(F)(F)F)ccn2)c1. The predicted molar refractivity (Wildman–Crippen MR) is 85.1 cm³/mol. The van der Waals surface area contributed by atoms with Gasteiger partial charge in [-0.05, 0) is 54.7 Å². The Morgan fingerprint density at radius 3 is 2.62 bits per heavy atom. The molecule has 0 N–H and O–H groups in total. The Morgan fingerprint density at radius 2 is 1.96 bits per heavy atom. The molecule has 0 atom stereocenters. The zero-order valence-corrected chi connectivity index (χ0v) is 13.1. The molecule has 1 aliphatic carbocycles. The van der Waals surface area contributed by atoms with E-state index in [9.17, 15) is 18.4 Å². The lowest BCUT2D eigenvalue weighted by atomic mass is 9.99. The molecule has 0 aliphatic heterocycles. The summed E-state index contributed by atoms with van der Waals surface area (Å²) in [6.45, 7) is 0. The minimum Gasteiger partial charge on any atom is -0.256 e. The molecule has 0 bridgehead atoms. The van der Waals surface area contributed by atoms with Crippen LogP contribution in [-0.2, 0) is 12.6 Å². The molecule has 124 valence electrons. The molecule has 3 rings (SSSR count). The summed E-state index contributed by atoms with van der Waals surface area (Å²) >= 11 is 0. The highest BCUT2D eigenvalue weighted by Crippen LogP contribution is 2.34. The number of halogens is 3. The average molecular weight is 330 g/mol. The van der Waals surface area contributed by atoms with Gasteiger partial charge in [-0.15, -0.1) is 0 Å². The average Bonchev–Trinajstić information content (AvgIpc) is 3.38. The number of aryl methyl sites for hydroxylation is 1. The van der Waals surface area contributed by atoms with Crippen molar-refractivity contribution in [2.75, 3.05) is 0 Å². The molecule has 1 aromatic heterocycles. The van der Waals surface area contributed by atoms with Gasteiger partial charge in [0.15, 0.2) is 0 Å². The second kappa shape index (κ2) is 6.64. The number of alkyl halides is 3. The lowest BCUT2D eigenvalue weighted by Gasteiger charge is -2.10. The van der Waals surface area contributed by atoms with Gasteiger partial charge in [-0.25, -0.2) is 0 Å². The van der Waals surface area contributed by atoms with E-state index in [1.165, 1.54) is 19.3 Å². The molecule has 0 amide bonds. The molecular weight excluding hydrogens is 313 g/mol. The first-order chi connectivity index (χ1) is 11.5. The molecule has 0 saturated heterocycles. The number of rotatable bonds is 5. The Morgan fingerprint density at radius 1 is 1.17 bits per heavy atom. The zero-order valence-electron chi connectivity index (χ0n) is 13.1. The molecule has 1 fully saturated rings. The van der Waals surface area contributed by atoms with E-state index < -0.39 is 11.7 Å². The standard InChI is InChI=1S/C19H17F3N2/c20-19(21,22)17-6-7-24-18(11-17)16-9-14(8-15(10-16)12-23)3-1-2-13-4-5-13/h6-11,13H,1-5H2. The fourth-order valence-electron chi connectivity index (χ4n) is 2.81.